The molecule has 0 aliphatic carbocycles. The van der Waals surface area contributed by atoms with Crippen LogP contribution >= 0.6 is 0 Å². The van der Waals surface area contributed by atoms with Gasteiger partial charge in [-0.2, -0.15) is 0 Å². The summed E-state index contributed by atoms with van der Waals surface area (Å²) in [6.45, 7) is 11.1. The lowest BCUT2D eigenvalue weighted by molar-refractivity contribution is 0.548. The van der Waals surface area contributed by atoms with Crippen molar-refractivity contribution in [3.8, 4) is 0 Å². The summed E-state index contributed by atoms with van der Waals surface area (Å²) >= 11 is 0. The zero-order chi connectivity index (χ0) is 10.7. The second-order valence-electron chi connectivity index (χ2n) is 4.46. The SMILES string of the molecule is C[CH][C@H](c1ccc(C)cc1C)C(C)C. The van der Waals surface area contributed by atoms with Crippen LogP contribution in [0.4, 0.5) is 0 Å². The quantitative estimate of drug-likeness (QED) is 0.666. The summed E-state index contributed by atoms with van der Waals surface area (Å²) < 4.78 is 0. The smallest absolute Gasteiger partial charge is 0.0108 e. The Hall–Kier alpha value is -0.780. The molecule has 0 nitrogen and oxygen atoms in total. The minimum Gasteiger partial charge on any atom is -0.0622 e. The number of rotatable bonds is 3. The van der Waals surface area contributed by atoms with E-state index in [9.17, 15) is 0 Å². The second-order valence-corrected chi connectivity index (χ2v) is 4.46. The highest BCUT2D eigenvalue weighted by Crippen LogP contribution is 2.29. The number of aryl methyl sites for hydroxylation is 2. The third-order valence-corrected chi connectivity index (χ3v) is 2.86. The third-order valence-electron chi connectivity index (χ3n) is 2.86. The largest absolute Gasteiger partial charge is 0.0622 e. The summed E-state index contributed by atoms with van der Waals surface area (Å²) in [7, 11) is 0. The maximum Gasteiger partial charge on any atom is -0.0108 e. The molecular formula is C14H21. The highest BCUT2D eigenvalue weighted by Gasteiger charge is 2.15. The fourth-order valence-electron chi connectivity index (χ4n) is 2.12. The Balaban J connectivity index is 3.04. The van der Waals surface area contributed by atoms with Gasteiger partial charge in [0.15, 0.2) is 0 Å². The van der Waals surface area contributed by atoms with Crippen LogP contribution in [0.3, 0.4) is 0 Å². The van der Waals surface area contributed by atoms with Crippen LogP contribution in [-0.2, 0) is 0 Å². The highest BCUT2D eigenvalue weighted by atomic mass is 14.2. The molecule has 0 heterocycles. The van der Waals surface area contributed by atoms with Gasteiger partial charge in [-0.15, -0.1) is 0 Å². The van der Waals surface area contributed by atoms with Crippen LogP contribution in [0.25, 0.3) is 0 Å². The van der Waals surface area contributed by atoms with Crippen LogP contribution in [0.5, 0.6) is 0 Å². The summed E-state index contributed by atoms with van der Waals surface area (Å²) in [6.07, 6.45) is 2.31. The number of benzene rings is 1. The molecule has 1 radical (unpaired) electrons. The van der Waals surface area contributed by atoms with Crippen LogP contribution in [0.1, 0.15) is 43.4 Å². The molecule has 0 aliphatic heterocycles. The van der Waals surface area contributed by atoms with Crippen molar-refractivity contribution in [2.75, 3.05) is 0 Å². The molecule has 14 heavy (non-hydrogen) atoms. The van der Waals surface area contributed by atoms with Gasteiger partial charge in [0.05, 0.1) is 0 Å². The van der Waals surface area contributed by atoms with Crippen LogP contribution in [0.2, 0.25) is 0 Å². The van der Waals surface area contributed by atoms with E-state index in [1.54, 1.807) is 0 Å². The van der Waals surface area contributed by atoms with Crippen LogP contribution in [-0.4, -0.2) is 0 Å². The molecule has 0 saturated heterocycles. The molecule has 0 saturated carbocycles. The predicted molar refractivity (Wildman–Crippen MR) is 63.5 cm³/mol. The minimum atomic E-state index is 0.593. The average molecular weight is 189 g/mol. The fraction of sp³-hybridized carbons (Fsp3) is 0.500. The first-order valence-electron chi connectivity index (χ1n) is 5.43. The average Bonchev–Trinajstić information content (AvgIpc) is 2.09. The van der Waals surface area contributed by atoms with Gasteiger partial charge < -0.3 is 0 Å². The lowest BCUT2D eigenvalue weighted by Crippen LogP contribution is -2.07. The summed E-state index contributed by atoms with van der Waals surface area (Å²) in [4.78, 5) is 0. The predicted octanol–water partition coefficient (Wildman–Crippen LogP) is 4.27. The van der Waals surface area contributed by atoms with Crippen molar-refractivity contribution in [1.29, 1.82) is 0 Å². The molecule has 0 heteroatoms. The van der Waals surface area contributed by atoms with Gasteiger partial charge in [0.2, 0.25) is 0 Å². The van der Waals surface area contributed by atoms with Crippen molar-refractivity contribution < 1.29 is 0 Å². The maximum atomic E-state index is 2.31. The number of hydrogen-bond acceptors (Lipinski definition) is 0. The maximum absolute atomic E-state index is 2.31. The summed E-state index contributed by atoms with van der Waals surface area (Å²) in [5, 5.41) is 0. The van der Waals surface area contributed by atoms with E-state index >= 15 is 0 Å². The second kappa shape index (κ2) is 4.63. The topological polar surface area (TPSA) is 0 Å². The Labute approximate surface area is 88.4 Å². The van der Waals surface area contributed by atoms with Crippen molar-refractivity contribution >= 4 is 0 Å². The molecular weight excluding hydrogens is 168 g/mol. The summed E-state index contributed by atoms with van der Waals surface area (Å²) in [5.41, 5.74) is 4.25. The molecule has 0 aromatic heterocycles. The van der Waals surface area contributed by atoms with E-state index in [-0.39, 0.29) is 0 Å². The minimum absolute atomic E-state index is 0.593. The van der Waals surface area contributed by atoms with Gasteiger partial charge in [-0.25, -0.2) is 0 Å². The first-order valence-corrected chi connectivity index (χ1v) is 5.43. The zero-order valence-electron chi connectivity index (χ0n) is 9.96. The molecule has 1 aromatic rings. The molecule has 77 valence electrons. The Morgan fingerprint density at radius 2 is 1.79 bits per heavy atom. The highest BCUT2D eigenvalue weighted by molar-refractivity contribution is 5.34. The van der Waals surface area contributed by atoms with E-state index in [1.807, 2.05) is 0 Å². The van der Waals surface area contributed by atoms with E-state index in [4.69, 9.17) is 0 Å². The van der Waals surface area contributed by atoms with Crippen molar-refractivity contribution in [2.45, 2.75) is 40.5 Å². The van der Waals surface area contributed by atoms with Crippen LogP contribution in [0.15, 0.2) is 18.2 Å². The first-order chi connectivity index (χ1) is 6.56. The van der Waals surface area contributed by atoms with Gasteiger partial charge in [-0.3, -0.25) is 0 Å². The van der Waals surface area contributed by atoms with Crippen LogP contribution < -0.4 is 0 Å². The molecule has 0 bridgehead atoms. The fourth-order valence-corrected chi connectivity index (χ4v) is 2.12. The van der Waals surface area contributed by atoms with E-state index in [0.717, 1.165) is 0 Å². The van der Waals surface area contributed by atoms with Crippen molar-refractivity contribution in [1.82, 2.24) is 0 Å². The van der Waals surface area contributed by atoms with Gasteiger partial charge in [-0.05, 0) is 43.2 Å². The van der Waals surface area contributed by atoms with Crippen molar-refractivity contribution in [3.63, 3.8) is 0 Å². The molecule has 0 spiro atoms. The summed E-state index contributed by atoms with van der Waals surface area (Å²) in [5.74, 6) is 1.28. The molecule has 1 rings (SSSR count). The standard InChI is InChI=1S/C14H21/c1-6-13(10(2)3)14-8-7-11(4)9-12(14)5/h6-10,13H,1-5H3/t13-/m0/s1. The van der Waals surface area contributed by atoms with E-state index < -0.39 is 0 Å². The molecule has 0 aliphatic rings. The van der Waals surface area contributed by atoms with E-state index in [2.05, 4.69) is 59.2 Å². The molecule has 0 fully saturated rings. The van der Waals surface area contributed by atoms with E-state index in [0.29, 0.717) is 11.8 Å². The normalized spacial score (nSPS) is 13.3. The van der Waals surface area contributed by atoms with E-state index in [1.165, 1.54) is 16.7 Å². The van der Waals surface area contributed by atoms with Gasteiger partial charge >= 0.3 is 0 Å². The lowest BCUT2D eigenvalue weighted by atomic mass is 9.84. The monoisotopic (exact) mass is 189 g/mol. The zero-order valence-corrected chi connectivity index (χ0v) is 9.96. The van der Waals surface area contributed by atoms with Crippen LogP contribution in [0, 0.1) is 26.2 Å². The van der Waals surface area contributed by atoms with Gasteiger partial charge in [0.1, 0.15) is 0 Å². The molecule has 1 aromatic carbocycles. The third kappa shape index (κ3) is 2.37. The molecule has 0 N–H and O–H groups in total. The van der Waals surface area contributed by atoms with Gasteiger partial charge in [0.25, 0.3) is 0 Å². The molecule has 0 amide bonds. The first kappa shape index (κ1) is 11.3. The lowest BCUT2D eigenvalue weighted by Gasteiger charge is -2.21. The number of hydrogen-bond donors (Lipinski definition) is 0. The van der Waals surface area contributed by atoms with Crippen molar-refractivity contribution in [2.24, 2.45) is 5.92 Å². The summed E-state index contributed by atoms with van der Waals surface area (Å²) in [6, 6.07) is 6.75. The molecule has 1 atom stereocenters. The van der Waals surface area contributed by atoms with Gasteiger partial charge in [-0.1, -0.05) is 44.5 Å². The Kier molecular flexibility index (Phi) is 3.74. The Bertz CT molecular complexity index is 297. The van der Waals surface area contributed by atoms with Crippen molar-refractivity contribution in [3.05, 3.63) is 41.3 Å². The van der Waals surface area contributed by atoms with Gasteiger partial charge in [0, 0.05) is 0 Å². The Morgan fingerprint density at radius 1 is 1.14 bits per heavy atom. The molecule has 0 unspecified atom stereocenters. The Morgan fingerprint density at radius 3 is 2.21 bits per heavy atom.